The van der Waals surface area contributed by atoms with Gasteiger partial charge < -0.3 is 10.6 Å². The summed E-state index contributed by atoms with van der Waals surface area (Å²) < 4.78 is 52.4. The van der Waals surface area contributed by atoms with E-state index in [4.69, 9.17) is 0 Å². The lowest BCUT2D eigenvalue weighted by Gasteiger charge is -2.33. The Morgan fingerprint density at radius 3 is 2.63 bits per heavy atom. The van der Waals surface area contributed by atoms with Crippen molar-refractivity contribution in [3.05, 3.63) is 53.2 Å². The molecular formula is C19H22F4N4. The Morgan fingerprint density at radius 2 is 1.96 bits per heavy atom. The zero-order valence-electron chi connectivity index (χ0n) is 15.0. The molecule has 1 aliphatic rings. The largest absolute Gasteiger partial charge is 0.434 e. The lowest BCUT2D eigenvalue weighted by molar-refractivity contribution is -0.141. The molecule has 27 heavy (non-hydrogen) atoms. The minimum absolute atomic E-state index is 0.120. The lowest BCUT2D eigenvalue weighted by Crippen LogP contribution is -2.44. The van der Waals surface area contributed by atoms with Crippen LogP contribution in [0.4, 0.5) is 23.4 Å². The third-order valence-corrected chi connectivity index (χ3v) is 4.87. The third kappa shape index (κ3) is 4.94. The molecule has 0 unspecified atom stereocenters. The summed E-state index contributed by atoms with van der Waals surface area (Å²) in [6.07, 6.45) is -1.85. The SMILES string of the molecule is CC[C@@H]1CNCC[C@H]1Nc1ncc(C(F)(F)F)nc1Cc1ccc(F)cc1. The second kappa shape index (κ2) is 8.21. The van der Waals surface area contributed by atoms with E-state index < -0.39 is 17.7 Å². The normalized spacial score (nSPS) is 20.5. The fourth-order valence-electron chi connectivity index (χ4n) is 3.32. The average molecular weight is 382 g/mol. The molecule has 0 saturated carbocycles. The van der Waals surface area contributed by atoms with Gasteiger partial charge in [0.05, 0.1) is 11.9 Å². The van der Waals surface area contributed by atoms with E-state index in [1.807, 2.05) is 0 Å². The summed E-state index contributed by atoms with van der Waals surface area (Å²) >= 11 is 0. The Kier molecular flexibility index (Phi) is 5.94. The lowest BCUT2D eigenvalue weighted by atomic mass is 9.91. The predicted molar refractivity (Wildman–Crippen MR) is 94.9 cm³/mol. The van der Waals surface area contributed by atoms with Gasteiger partial charge >= 0.3 is 6.18 Å². The fourth-order valence-corrected chi connectivity index (χ4v) is 3.32. The molecule has 1 aliphatic heterocycles. The Labute approximate surface area is 155 Å². The van der Waals surface area contributed by atoms with Crippen molar-refractivity contribution in [2.45, 2.75) is 38.4 Å². The van der Waals surface area contributed by atoms with Gasteiger partial charge in [-0.1, -0.05) is 25.5 Å². The highest BCUT2D eigenvalue weighted by Gasteiger charge is 2.34. The first-order valence-corrected chi connectivity index (χ1v) is 9.01. The van der Waals surface area contributed by atoms with Crippen LogP contribution in [0, 0.1) is 11.7 Å². The summed E-state index contributed by atoms with van der Waals surface area (Å²) in [6.45, 7) is 3.79. The monoisotopic (exact) mass is 382 g/mol. The van der Waals surface area contributed by atoms with E-state index in [-0.39, 0.29) is 18.2 Å². The number of rotatable bonds is 5. The molecular weight excluding hydrogens is 360 g/mol. The molecule has 2 N–H and O–H groups in total. The van der Waals surface area contributed by atoms with Gasteiger partial charge in [0.15, 0.2) is 5.69 Å². The molecule has 0 aliphatic carbocycles. The smallest absolute Gasteiger partial charge is 0.365 e. The van der Waals surface area contributed by atoms with E-state index >= 15 is 0 Å². The molecule has 1 aromatic heterocycles. The number of hydrogen-bond acceptors (Lipinski definition) is 4. The van der Waals surface area contributed by atoms with Crippen molar-refractivity contribution in [2.24, 2.45) is 5.92 Å². The number of hydrogen-bond donors (Lipinski definition) is 2. The third-order valence-electron chi connectivity index (χ3n) is 4.87. The van der Waals surface area contributed by atoms with Gasteiger partial charge in [-0.3, -0.25) is 0 Å². The summed E-state index contributed by atoms with van der Waals surface area (Å²) in [7, 11) is 0. The quantitative estimate of drug-likeness (QED) is 0.767. The summed E-state index contributed by atoms with van der Waals surface area (Å²) in [4.78, 5) is 7.85. The minimum Gasteiger partial charge on any atom is -0.365 e. The van der Waals surface area contributed by atoms with Gasteiger partial charge in [-0.2, -0.15) is 13.2 Å². The van der Waals surface area contributed by atoms with Crippen LogP contribution in [-0.2, 0) is 12.6 Å². The zero-order chi connectivity index (χ0) is 19.4. The van der Waals surface area contributed by atoms with E-state index in [1.54, 1.807) is 12.1 Å². The van der Waals surface area contributed by atoms with Crippen molar-refractivity contribution in [1.29, 1.82) is 0 Å². The van der Waals surface area contributed by atoms with Crippen LogP contribution < -0.4 is 10.6 Å². The van der Waals surface area contributed by atoms with Gasteiger partial charge in [0.25, 0.3) is 0 Å². The summed E-state index contributed by atoms with van der Waals surface area (Å²) in [5.74, 6) is 0.326. The number of nitrogens with one attached hydrogen (secondary N) is 2. The van der Waals surface area contributed by atoms with E-state index in [0.29, 0.717) is 17.3 Å². The average Bonchev–Trinajstić information content (AvgIpc) is 2.64. The topological polar surface area (TPSA) is 49.8 Å². The van der Waals surface area contributed by atoms with Crippen LogP contribution in [0.5, 0.6) is 0 Å². The molecule has 4 nitrogen and oxygen atoms in total. The molecule has 1 aromatic carbocycles. The van der Waals surface area contributed by atoms with Gasteiger partial charge in [0.1, 0.15) is 11.6 Å². The number of piperidine rings is 1. The summed E-state index contributed by atoms with van der Waals surface area (Å²) in [6, 6.07) is 5.77. The molecule has 0 radical (unpaired) electrons. The molecule has 2 heterocycles. The molecule has 146 valence electrons. The number of nitrogens with zero attached hydrogens (tertiary/aromatic N) is 2. The van der Waals surface area contributed by atoms with Crippen LogP contribution in [0.25, 0.3) is 0 Å². The number of alkyl halides is 3. The number of anilines is 1. The van der Waals surface area contributed by atoms with Crippen molar-refractivity contribution in [3.63, 3.8) is 0 Å². The van der Waals surface area contributed by atoms with Gasteiger partial charge in [0.2, 0.25) is 0 Å². The van der Waals surface area contributed by atoms with Crippen LogP contribution >= 0.6 is 0 Å². The first-order valence-electron chi connectivity index (χ1n) is 9.01. The first-order chi connectivity index (χ1) is 12.9. The molecule has 1 saturated heterocycles. The number of halogens is 4. The van der Waals surface area contributed by atoms with Gasteiger partial charge in [-0.25, -0.2) is 14.4 Å². The van der Waals surface area contributed by atoms with E-state index in [2.05, 4.69) is 27.5 Å². The first kappa shape index (κ1) is 19.5. The van der Waals surface area contributed by atoms with E-state index in [9.17, 15) is 17.6 Å². The molecule has 3 rings (SSSR count). The predicted octanol–water partition coefficient (Wildman–Crippen LogP) is 4.03. The molecule has 1 fully saturated rings. The Bertz CT molecular complexity index is 761. The van der Waals surface area contributed by atoms with Crippen LogP contribution in [0.3, 0.4) is 0 Å². The zero-order valence-corrected chi connectivity index (χ0v) is 15.0. The van der Waals surface area contributed by atoms with Gasteiger partial charge in [-0.15, -0.1) is 0 Å². The Balaban J connectivity index is 1.90. The van der Waals surface area contributed by atoms with Crippen LogP contribution in [-0.4, -0.2) is 29.1 Å². The molecule has 8 heteroatoms. The highest BCUT2D eigenvalue weighted by molar-refractivity contribution is 5.44. The maximum absolute atomic E-state index is 13.1. The van der Waals surface area contributed by atoms with Crippen molar-refractivity contribution < 1.29 is 17.6 Å². The number of aromatic nitrogens is 2. The van der Waals surface area contributed by atoms with E-state index in [0.717, 1.165) is 32.1 Å². The van der Waals surface area contributed by atoms with Crippen molar-refractivity contribution in [2.75, 3.05) is 18.4 Å². The second-order valence-corrected chi connectivity index (χ2v) is 6.76. The highest BCUT2D eigenvalue weighted by Crippen LogP contribution is 2.30. The van der Waals surface area contributed by atoms with Crippen molar-refractivity contribution >= 4 is 5.82 Å². The second-order valence-electron chi connectivity index (χ2n) is 6.76. The number of benzene rings is 1. The Morgan fingerprint density at radius 1 is 1.22 bits per heavy atom. The summed E-state index contributed by atoms with van der Waals surface area (Å²) in [5, 5.41) is 6.64. The van der Waals surface area contributed by atoms with Gasteiger partial charge in [0, 0.05) is 12.5 Å². The van der Waals surface area contributed by atoms with Gasteiger partial charge in [-0.05, 0) is 43.1 Å². The van der Waals surface area contributed by atoms with E-state index in [1.165, 1.54) is 12.1 Å². The highest BCUT2D eigenvalue weighted by atomic mass is 19.4. The van der Waals surface area contributed by atoms with Crippen LogP contribution in [0.1, 0.15) is 36.7 Å². The minimum atomic E-state index is -4.57. The van der Waals surface area contributed by atoms with Crippen LogP contribution in [0.2, 0.25) is 0 Å². The van der Waals surface area contributed by atoms with Crippen LogP contribution in [0.15, 0.2) is 30.5 Å². The summed E-state index contributed by atoms with van der Waals surface area (Å²) in [5.41, 5.74) is -0.141. The standard InChI is InChI=1S/C19H22F4N4/c1-2-13-10-24-8-7-15(13)27-18-16(9-12-3-5-14(20)6-4-12)26-17(11-25-18)19(21,22)23/h3-6,11,13,15,24H,2,7-10H2,1H3,(H,25,27)/t13-,15-/m1/s1. The molecule has 0 amide bonds. The van der Waals surface area contributed by atoms with Crippen molar-refractivity contribution in [3.8, 4) is 0 Å². The maximum atomic E-state index is 13.1. The Hall–Kier alpha value is -2.22. The van der Waals surface area contributed by atoms with Crippen molar-refractivity contribution in [1.82, 2.24) is 15.3 Å². The fraction of sp³-hybridized carbons (Fsp3) is 0.474. The maximum Gasteiger partial charge on any atom is 0.434 e. The molecule has 2 aromatic rings. The molecule has 0 bridgehead atoms. The molecule has 0 spiro atoms. The molecule has 2 atom stereocenters.